The number of rotatable bonds is 6. The normalized spacial score (nSPS) is 32.8. The maximum absolute atomic E-state index is 15.9. The summed E-state index contributed by atoms with van der Waals surface area (Å²) in [7, 11) is 1.08. The third kappa shape index (κ3) is 4.96. The molecular weight excluding hydrogens is 385 g/mol. The molecule has 1 amide bonds. The Kier molecular flexibility index (Phi) is 7.13. The summed E-state index contributed by atoms with van der Waals surface area (Å²) in [5.41, 5.74) is -1.64. The zero-order valence-electron chi connectivity index (χ0n) is 20.0. The number of halogens is 1. The Hall–Kier alpha value is -0.723. The van der Waals surface area contributed by atoms with E-state index in [9.17, 15) is 4.79 Å². The molecule has 0 saturated heterocycles. The number of nitrogens with zero attached hydrogens (tertiary/aromatic N) is 1. The Labute approximate surface area is 178 Å². The number of fused-ring (bicyclic) bond motifs is 1. The van der Waals surface area contributed by atoms with Crippen LogP contribution in [0.25, 0.3) is 0 Å². The van der Waals surface area contributed by atoms with Gasteiger partial charge < -0.3 is 4.43 Å². The highest BCUT2D eigenvalue weighted by molar-refractivity contribution is 6.74. The minimum atomic E-state index is -1.87. The van der Waals surface area contributed by atoms with Crippen LogP contribution in [0.5, 0.6) is 0 Å². The summed E-state index contributed by atoms with van der Waals surface area (Å²) in [5.74, 6) is -0.0715. The summed E-state index contributed by atoms with van der Waals surface area (Å²) in [6, 6.07) is 0. The molecule has 0 heterocycles. The molecule has 6 heteroatoms. The van der Waals surface area contributed by atoms with Crippen molar-refractivity contribution in [3.05, 3.63) is 12.2 Å². The number of hydrogen-bond acceptors (Lipinski definition) is 3. The molecule has 2 aliphatic rings. The number of carbonyl (C=O) groups excluding carboxylic acids is 1. The number of likely N-dealkylation sites (N-methyl/N-ethyl adjacent to an activating group) is 1. The van der Waals surface area contributed by atoms with Crippen molar-refractivity contribution >= 4 is 14.2 Å². The van der Waals surface area contributed by atoms with Gasteiger partial charge in [0.15, 0.2) is 8.32 Å². The van der Waals surface area contributed by atoms with Gasteiger partial charge in [0.25, 0.3) is 5.91 Å². The molecule has 29 heavy (non-hydrogen) atoms. The first-order chi connectivity index (χ1) is 13.2. The van der Waals surface area contributed by atoms with E-state index in [1.54, 1.807) is 6.92 Å². The fourth-order valence-electron chi connectivity index (χ4n) is 5.29. The number of hydrogen-bond donors (Lipinski definition) is 0. The van der Waals surface area contributed by atoms with E-state index in [2.05, 4.69) is 40.8 Å². The monoisotopic (exact) mass is 427 g/mol. The molecule has 0 spiro atoms. The molecule has 168 valence electrons. The summed E-state index contributed by atoms with van der Waals surface area (Å²) in [5, 5.41) is 1.28. The Morgan fingerprint density at radius 1 is 1.21 bits per heavy atom. The van der Waals surface area contributed by atoms with Crippen LogP contribution in [0.15, 0.2) is 12.2 Å². The average molecular weight is 428 g/mol. The highest BCUT2D eigenvalue weighted by Gasteiger charge is 2.57. The molecule has 4 nitrogen and oxygen atoms in total. The lowest BCUT2D eigenvalue weighted by atomic mass is 9.61. The quantitative estimate of drug-likeness (QED) is 0.301. The summed E-state index contributed by atoms with van der Waals surface area (Å²) in [6.07, 6.45) is 8.00. The second kappa shape index (κ2) is 8.43. The van der Waals surface area contributed by atoms with E-state index in [0.717, 1.165) is 37.2 Å². The van der Waals surface area contributed by atoms with Crippen LogP contribution in [0.1, 0.15) is 66.7 Å². The van der Waals surface area contributed by atoms with E-state index in [-0.39, 0.29) is 28.4 Å². The second-order valence-corrected chi connectivity index (χ2v) is 15.8. The van der Waals surface area contributed by atoms with Crippen molar-refractivity contribution in [1.82, 2.24) is 5.06 Å². The van der Waals surface area contributed by atoms with Crippen LogP contribution in [-0.4, -0.2) is 45.2 Å². The van der Waals surface area contributed by atoms with Crippen molar-refractivity contribution < 1.29 is 18.4 Å². The van der Waals surface area contributed by atoms with Gasteiger partial charge in [0, 0.05) is 25.1 Å². The zero-order chi connectivity index (χ0) is 22.3. The van der Waals surface area contributed by atoms with E-state index in [1.165, 1.54) is 26.3 Å². The second-order valence-electron chi connectivity index (χ2n) is 11.1. The van der Waals surface area contributed by atoms with Crippen molar-refractivity contribution in [3.63, 3.8) is 0 Å². The van der Waals surface area contributed by atoms with Crippen molar-refractivity contribution in [2.45, 2.75) is 96.6 Å². The molecule has 0 aromatic rings. The molecule has 0 radical (unpaired) electrons. The fraction of sp³-hybridized carbons (Fsp3) is 0.870. The van der Waals surface area contributed by atoms with Crippen LogP contribution in [0, 0.1) is 17.3 Å². The largest absolute Gasteiger partial charge is 0.414 e. The van der Waals surface area contributed by atoms with E-state index >= 15 is 4.39 Å². The predicted molar refractivity (Wildman–Crippen MR) is 119 cm³/mol. The number of alkyl halides is 1. The van der Waals surface area contributed by atoms with Crippen LogP contribution in [0.2, 0.25) is 18.1 Å². The van der Waals surface area contributed by atoms with E-state index in [4.69, 9.17) is 9.26 Å². The van der Waals surface area contributed by atoms with Crippen molar-refractivity contribution in [2.75, 3.05) is 14.2 Å². The lowest BCUT2D eigenvalue weighted by molar-refractivity contribution is -0.162. The molecule has 0 N–H and O–H groups in total. The molecule has 2 saturated carbocycles. The van der Waals surface area contributed by atoms with Gasteiger partial charge in [-0.25, -0.2) is 9.45 Å². The summed E-state index contributed by atoms with van der Waals surface area (Å²) < 4.78 is 22.7. The van der Waals surface area contributed by atoms with Gasteiger partial charge in [-0.3, -0.25) is 9.63 Å². The van der Waals surface area contributed by atoms with Gasteiger partial charge in [-0.05, 0) is 68.1 Å². The van der Waals surface area contributed by atoms with Crippen molar-refractivity contribution in [3.8, 4) is 0 Å². The minimum Gasteiger partial charge on any atom is -0.414 e. The van der Waals surface area contributed by atoms with Crippen LogP contribution in [0.3, 0.4) is 0 Å². The van der Waals surface area contributed by atoms with Gasteiger partial charge in [-0.2, -0.15) is 0 Å². The molecule has 5 atom stereocenters. The SMILES string of the molecule is CON(C)C(=O)C=C[C@](C)(F)[C@H]1CC[C@H]2C(O[Si](C)(C)C(C)(C)C)CCC[C@@]21C. The van der Waals surface area contributed by atoms with Crippen LogP contribution >= 0.6 is 0 Å². The highest BCUT2D eigenvalue weighted by Crippen LogP contribution is 2.60. The molecule has 0 aromatic carbocycles. The van der Waals surface area contributed by atoms with Gasteiger partial charge in [0.2, 0.25) is 0 Å². The molecule has 2 rings (SSSR count). The molecule has 1 unspecified atom stereocenters. The van der Waals surface area contributed by atoms with Gasteiger partial charge >= 0.3 is 0 Å². The average Bonchev–Trinajstić information content (AvgIpc) is 2.96. The van der Waals surface area contributed by atoms with Crippen LogP contribution in [0.4, 0.5) is 4.39 Å². The maximum atomic E-state index is 15.9. The third-order valence-corrected chi connectivity index (χ3v) is 12.6. The lowest BCUT2D eigenvalue weighted by Crippen LogP contribution is -2.51. The lowest BCUT2D eigenvalue weighted by Gasteiger charge is -2.50. The molecule has 2 fully saturated rings. The zero-order valence-corrected chi connectivity index (χ0v) is 21.0. The van der Waals surface area contributed by atoms with E-state index in [0.29, 0.717) is 5.92 Å². The smallest absolute Gasteiger partial charge is 0.269 e. The molecule has 0 aromatic heterocycles. The van der Waals surface area contributed by atoms with Gasteiger partial charge in [-0.15, -0.1) is 0 Å². The van der Waals surface area contributed by atoms with Crippen LogP contribution < -0.4 is 0 Å². The predicted octanol–water partition coefficient (Wildman–Crippen LogP) is 5.90. The first kappa shape index (κ1) is 24.5. The van der Waals surface area contributed by atoms with Crippen molar-refractivity contribution in [1.29, 1.82) is 0 Å². The highest BCUT2D eigenvalue weighted by atomic mass is 28.4. The number of amides is 1. The first-order valence-electron chi connectivity index (χ1n) is 11.0. The van der Waals surface area contributed by atoms with E-state index < -0.39 is 14.0 Å². The van der Waals surface area contributed by atoms with E-state index in [1.807, 2.05) is 0 Å². The number of carbonyl (C=O) groups is 1. The molecule has 0 bridgehead atoms. The third-order valence-electron chi connectivity index (χ3n) is 8.13. The fourth-order valence-corrected chi connectivity index (χ4v) is 6.68. The standard InChI is InChI=1S/C23H42FNO3Si/c1-21(2,3)29(8,9)28-18-11-10-15-22(4)17(18)12-13-19(22)23(5,24)16-14-20(26)25(6)27-7/h14,16-19H,10-13,15H2,1-9H3/t17-,18?,19-,22-,23-/m0/s1. The van der Waals surface area contributed by atoms with Crippen molar-refractivity contribution in [2.24, 2.45) is 17.3 Å². The Morgan fingerprint density at radius 2 is 1.83 bits per heavy atom. The molecule has 0 aliphatic heterocycles. The summed E-state index contributed by atoms with van der Waals surface area (Å²) in [4.78, 5) is 16.9. The Bertz CT molecular complexity index is 628. The molecule has 2 aliphatic carbocycles. The first-order valence-corrected chi connectivity index (χ1v) is 13.9. The number of hydroxylamine groups is 2. The minimum absolute atomic E-state index is 0.102. The van der Waals surface area contributed by atoms with Gasteiger partial charge in [0.05, 0.1) is 7.11 Å². The topological polar surface area (TPSA) is 38.8 Å². The maximum Gasteiger partial charge on any atom is 0.269 e. The number of allylic oxidation sites excluding steroid dienone is 1. The summed E-state index contributed by atoms with van der Waals surface area (Å²) >= 11 is 0. The van der Waals surface area contributed by atoms with Gasteiger partial charge in [-0.1, -0.05) is 34.1 Å². The Balaban J connectivity index is 2.21. The molecular formula is C23H42FNO3Si. The van der Waals surface area contributed by atoms with Crippen LogP contribution in [-0.2, 0) is 14.1 Å². The van der Waals surface area contributed by atoms with Gasteiger partial charge in [0.1, 0.15) is 5.67 Å². The summed E-state index contributed by atoms with van der Waals surface area (Å²) in [6.45, 7) is 15.3. The Morgan fingerprint density at radius 3 is 2.38 bits per heavy atom.